The van der Waals surface area contributed by atoms with Crippen molar-refractivity contribution in [2.45, 2.75) is 12.5 Å². The molecule has 0 saturated carbocycles. The van der Waals surface area contributed by atoms with Gasteiger partial charge < -0.3 is 10.8 Å². The maximum atomic E-state index is 11.1. The largest absolute Gasteiger partial charge is 0.480 e. The van der Waals surface area contributed by atoms with Gasteiger partial charge in [-0.05, 0) is 24.1 Å². The van der Waals surface area contributed by atoms with Crippen molar-refractivity contribution in [3.63, 3.8) is 0 Å². The SMILES string of the molecule is NC(Cc1cccc(-c2ccncn2)c1-c1ccncn1)C(=O)O. The first-order valence-corrected chi connectivity index (χ1v) is 7.30. The van der Waals surface area contributed by atoms with Crippen molar-refractivity contribution >= 4 is 5.97 Å². The summed E-state index contributed by atoms with van der Waals surface area (Å²) in [6, 6.07) is 8.19. The summed E-state index contributed by atoms with van der Waals surface area (Å²) in [4.78, 5) is 27.6. The number of carboxylic acid groups (broad SMARTS) is 1. The molecule has 0 spiro atoms. The van der Waals surface area contributed by atoms with Gasteiger partial charge in [-0.2, -0.15) is 0 Å². The maximum absolute atomic E-state index is 11.1. The van der Waals surface area contributed by atoms with E-state index in [0.717, 1.165) is 22.4 Å². The summed E-state index contributed by atoms with van der Waals surface area (Å²) in [7, 11) is 0. The minimum atomic E-state index is -1.05. The molecule has 2 aromatic heterocycles. The van der Waals surface area contributed by atoms with Crippen LogP contribution in [0.25, 0.3) is 22.5 Å². The van der Waals surface area contributed by atoms with Crippen LogP contribution in [-0.4, -0.2) is 37.1 Å². The maximum Gasteiger partial charge on any atom is 0.320 e. The number of aromatic nitrogens is 4. The average Bonchev–Trinajstić information content (AvgIpc) is 2.63. The molecule has 0 fully saturated rings. The van der Waals surface area contributed by atoms with E-state index in [1.54, 1.807) is 24.5 Å². The molecule has 1 aromatic carbocycles. The normalized spacial score (nSPS) is 11.9. The molecule has 0 saturated heterocycles. The highest BCUT2D eigenvalue weighted by atomic mass is 16.4. The van der Waals surface area contributed by atoms with E-state index in [9.17, 15) is 4.79 Å². The van der Waals surface area contributed by atoms with Gasteiger partial charge in [0, 0.05) is 23.5 Å². The van der Waals surface area contributed by atoms with E-state index >= 15 is 0 Å². The number of hydrogen-bond acceptors (Lipinski definition) is 6. The van der Waals surface area contributed by atoms with E-state index in [4.69, 9.17) is 10.8 Å². The molecule has 7 heteroatoms. The molecule has 1 atom stereocenters. The summed E-state index contributed by atoms with van der Waals surface area (Å²) in [5, 5.41) is 9.12. The Balaban J connectivity index is 2.18. The van der Waals surface area contributed by atoms with E-state index < -0.39 is 12.0 Å². The summed E-state index contributed by atoms with van der Waals surface area (Å²) >= 11 is 0. The molecule has 24 heavy (non-hydrogen) atoms. The lowest BCUT2D eigenvalue weighted by molar-refractivity contribution is -0.138. The molecule has 0 aliphatic carbocycles. The number of carbonyl (C=O) groups is 1. The van der Waals surface area contributed by atoms with Crippen LogP contribution in [0.2, 0.25) is 0 Å². The fourth-order valence-electron chi connectivity index (χ4n) is 2.50. The van der Waals surface area contributed by atoms with Crippen LogP contribution in [-0.2, 0) is 11.2 Å². The molecule has 3 rings (SSSR count). The Kier molecular flexibility index (Phi) is 4.53. The number of hydrogen-bond donors (Lipinski definition) is 2. The highest BCUT2D eigenvalue weighted by Crippen LogP contribution is 2.33. The number of carboxylic acids is 1. The van der Waals surface area contributed by atoms with E-state index in [2.05, 4.69) is 19.9 Å². The van der Waals surface area contributed by atoms with Gasteiger partial charge in [0.15, 0.2) is 0 Å². The molecular weight excluding hydrogens is 306 g/mol. The fraction of sp³-hybridized carbons (Fsp3) is 0.118. The zero-order valence-corrected chi connectivity index (χ0v) is 12.7. The Bertz CT molecular complexity index is 840. The third-order valence-corrected chi connectivity index (χ3v) is 3.60. The zero-order valence-electron chi connectivity index (χ0n) is 12.7. The molecule has 3 N–H and O–H groups in total. The lowest BCUT2D eigenvalue weighted by atomic mass is 9.92. The number of aliphatic carboxylic acids is 1. The molecule has 0 aliphatic rings. The van der Waals surface area contributed by atoms with Gasteiger partial charge in [0.25, 0.3) is 0 Å². The summed E-state index contributed by atoms with van der Waals surface area (Å²) < 4.78 is 0. The third-order valence-electron chi connectivity index (χ3n) is 3.60. The molecule has 120 valence electrons. The van der Waals surface area contributed by atoms with Crippen molar-refractivity contribution < 1.29 is 9.90 Å². The van der Waals surface area contributed by atoms with Crippen molar-refractivity contribution in [2.75, 3.05) is 0 Å². The standard InChI is InChI=1S/C17H15N5O2/c18-13(17(23)24)8-11-2-1-3-12(14-4-6-19-9-21-14)16(11)15-5-7-20-10-22-15/h1-7,9-10,13H,8,18H2,(H,23,24). The molecule has 1 unspecified atom stereocenters. The Morgan fingerprint density at radius 3 is 2.29 bits per heavy atom. The Morgan fingerprint density at radius 2 is 1.71 bits per heavy atom. The van der Waals surface area contributed by atoms with Gasteiger partial charge in [-0.15, -0.1) is 0 Å². The third kappa shape index (κ3) is 3.26. The molecule has 0 amide bonds. The molecular formula is C17H15N5O2. The van der Waals surface area contributed by atoms with Crippen LogP contribution in [0.4, 0.5) is 0 Å². The first-order valence-electron chi connectivity index (χ1n) is 7.30. The average molecular weight is 321 g/mol. The van der Waals surface area contributed by atoms with Crippen molar-refractivity contribution in [1.29, 1.82) is 0 Å². The second-order valence-corrected chi connectivity index (χ2v) is 5.18. The minimum absolute atomic E-state index is 0.188. The first kappa shape index (κ1) is 15.7. The molecule has 7 nitrogen and oxygen atoms in total. The smallest absolute Gasteiger partial charge is 0.320 e. The topological polar surface area (TPSA) is 115 Å². The first-order chi connectivity index (χ1) is 11.7. The summed E-state index contributed by atoms with van der Waals surface area (Å²) in [5.41, 5.74) is 9.57. The van der Waals surface area contributed by atoms with Crippen LogP contribution in [0.5, 0.6) is 0 Å². The van der Waals surface area contributed by atoms with Gasteiger partial charge in [0.05, 0.1) is 11.4 Å². The van der Waals surface area contributed by atoms with Crippen molar-refractivity contribution in [2.24, 2.45) is 5.73 Å². The Hall–Kier alpha value is -3.19. The summed E-state index contributed by atoms with van der Waals surface area (Å²) in [5.74, 6) is -1.05. The Morgan fingerprint density at radius 1 is 1.04 bits per heavy atom. The van der Waals surface area contributed by atoms with Crippen molar-refractivity contribution in [1.82, 2.24) is 19.9 Å². The van der Waals surface area contributed by atoms with Gasteiger partial charge in [0.2, 0.25) is 0 Å². The van der Waals surface area contributed by atoms with Crippen LogP contribution in [0.15, 0.2) is 55.4 Å². The molecule has 0 bridgehead atoms. The van der Waals surface area contributed by atoms with Gasteiger partial charge in [-0.3, -0.25) is 4.79 Å². The van der Waals surface area contributed by atoms with Crippen molar-refractivity contribution in [3.05, 3.63) is 60.9 Å². The highest BCUT2D eigenvalue weighted by Gasteiger charge is 2.19. The van der Waals surface area contributed by atoms with Gasteiger partial charge in [-0.1, -0.05) is 18.2 Å². The molecule has 3 aromatic rings. The van der Waals surface area contributed by atoms with Crippen molar-refractivity contribution in [3.8, 4) is 22.5 Å². The van der Waals surface area contributed by atoms with Crippen LogP contribution in [0.1, 0.15) is 5.56 Å². The van der Waals surface area contributed by atoms with Crippen LogP contribution >= 0.6 is 0 Å². The van der Waals surface area contributed by atoms with Crippen LogP contribution in [0.3, 0.4) is 0 Å². The lowest BCUT2D eigenvalue weighted by Crippen LogP contribution is -2.32. The molecule has 0 aliphatic heterocycles. The number of benzene rings is 1. The van der Waals surface area contributed by atoms with Gasteiger partial charge in [0.1, 0.15) is 18.7 Å². The monoisotopic (exact) mass is 321 g/mol. The van der Waals surface area contributed by atoms with E-state index in [1.807, 2.05) is 18.2 Å². The summed E-state index contributed by atoms with van der Waals surface area (Å²) in [6.45, 7) is 0. The second kappa shape index (κ2) is 6.93. The quantitative estimate of drug-likeness (QED) is 0.732. The molecule has 0 radical (unpaired) electrons. The number of nitrogens with zero attached hydrogens (tertiary/aromatic N) is 4. The number of rotatable bonds is 5. The minimum Gasteiger partial charge on any atom is -0.480 e. The van der Waals surface area contributed by atoms with E-state index in [0.29, 0.717) is 5.69 Å². The lowest BCUT2D eigenvalue weighted by Gasteiger charge is -2.15. The van der Waals surface area contributed by atoms with Gasteiger partial charge in [-0.25, -0.2) is 19.9 Å². The van der Waals surface area contributed by atoms with Crippen LogP contribution in [0, 0.1) is 0 Å². The Labute approximate surface area is 138 Å². The highest BCUT2D eigenvalue weighted by molar-refractivity contribution is 5.83. The second-order valence-electron chi connectivity index (χ2n) is 5.18. The van der Waals surface area contributed by atoms with E-state index in [1.165, 1.54) is 12.7 Å². The predicted molar refractivity (Wildman–Crippen MR) is 87.8 cm³/mol. The fourth-order valence-corrected chi connectivity index (χ4v) is 2.50. The van der Waals surface area contributed by atoms with Gasteiger partial charge >= 0.3 is 5.97 Å². The van der Waals surface area contributed by atoms with Crippen LogP contribution < -0.4 is 5.73 Å². The zero-order chi connectivity index (χ0) is 16.9. The van der Waals surface area contributed by atoms with E-state index in [-0.39, 0.29) is 6.42 Å². The summed E-state index contributed by atoms with van der Waals surface area (Å²) in [6.07, 6.45) is 6.40. The predicted octanol–water partition coefficient (Wildman–Crippen LogP) is 1.55. The number of nitrogens with two attached hydrogens (primary N) is 1. The molecule has 2 heterocycles.